The monoisotopic (exact) mass is 408 g/mol. The zero-order chi connectivity index (χ0) is 19.5. The molecule has 0 aliphatic heterocycles. The van der Waals surface area contributed by atoms with Crippen molar-refractivity contribution in [2.45, 2.75) is 6.92 Å². The number of fused-ring (bicyclic) bond motifs is 2. The van der Waals surface area contributed by atoms with Gasteiger partial charge in [0.05, 0.1) is 33.5 Å². The Bertz CT molecular complexity index is 1200. The fourth-order valence-corrected chi connectivity index (χ4v) is 3.75. The highest BCUT2D eigenvalue weighted by Crippen LogP contribution is 2.27. The van der Waals surface area contributed by atoms with E-state index in [-0.39, 0.29) is 0 Å². The number of aromatic nitrogens is 4. The Labute approximate surface area is 171 Å². The molecule has 0 spiro atoms. The molecule has 4 aromatic rings. The van der Waals surface area contributed by atoms with E-state index in [9.17, 15) is 0 Å². The predicted molar refractivity (Wildman–Crippen MR) is 118 cm³/mol. The number of hydrogen-bond acceptors (Lipinski definition) is 6. The van der Waals surface area contributed by atoms with Crippen molar-refractivity contribution in [3.05, 3.63) is 70.6 Å². The summed E-state index contributed by atoms with van der Waals surface area (Å²) < 4.78 is 1.93. The van der Waals surface area contributed by atoms with Crippen molar-refractivity contribution in [3.63, 3.8) is 0 Å². The van der Waals surface area contributed by atoms with Crippen LogP contribution in [0.2, 0.25) is 5.02 Å². The number of para-hydroxylation sites is 1. The van der Waals surface area contributed by atoms with E-state index in [2.05, 4.69) is 32.0 Å². The van der Waals surface area contributed by atoms with E-state index in [1.54, 1.807) is 11.8 Å². The van der Waals surface area contributed by atoms with Gasteiger partial charge in [0.15, 0.2) is 5.65 Å². The molecular weight excluding hydrogens is 392 g/mol. The van der Waals surface area contributed by atoms with Gasteiger partial charge in [-0.15, -0.1) is 11.8 Å². The van der Waals surface area contributed by atoms with Crippen LogP contribution in [0.1, 0.15) is 11.4 Å². The number of halogens is 1. The molecule has 3 heterocycles. The van der Waals surface area contributed by atoms with Crippen LogP contribution in [0.3, 0.4) is 0 Å². The number of imidazole rings is 1. The third-order valence-corrected chi connectivity index (χ3v) is 5.18. The Hall–Kier alpha value is -2.90. The molecule has 1 N–H and O–H groups in total. The number of aryl methyl sites for hydroxylation is 1. The standard InChI is InChI=1S/C20H17ClN6S/c1-13-18(27-9-5-7-15(21)19(27)25-13)17(22-2)11-28-12-24-20-23-10-14-6-3-4-8-16(14)26-20/h3-11H,2,12H2,1H3,(H,23,24,26)/b17-11-. The summed E-state index contributed by atoms with van der Waals surface area (Å²) >= 11 is 7.79. The molecule has 0 fully saturated rings. The SMILES string of the molecule is C=N/C(=C\SCNc1ncc2ccccc2n1)c1c(C)nc2c(Cl)cccn12. The molecular formula is C20H17ClN6S. The van der Waals surface area contributed by atoms with Crippen molar-refractivity contribution >= 4 is 58.3 Å². The van der Waals surface area contributed by atoms with Crippen LogP contribution in [-0.4, -0.2) is 31.9 Å². The number of nitrogens with one attached hydrogen (secondary N) is 1. The smallest absolute Gasteiger partial charge is 0.223 e. The van der Waals surface area contributed by atoms with E-state index < -0.39 is 0 Å². The molecule has 0 aliphatic rings. The number of nitrogens with zero attached hydrogens (tertiary/aromatic N) is 5. The average molecular weight is 409 g/mol. The lowest BCUT2D eigenvalue weighted by Gasteiger charge is -2.06. The summed E-state index contributed by atoms with van der Waals surface area (Å²) in [6.45, 7) is 5.64. The lowest BCUT2D eigenvalue weighted by atomic mass is 10.2. The van der Waals surface area contributed by atoms with Crippen LogP contribution in [0.5, 0.6) is 0 Å². The minimum Gasteiger partial charge on any atom is -0.345 e. The van der Waals surface area contributed by atoms with Gasteiger partial charge < -0.3 is 5.32 Å². The molecule has 4 rings (SSSR count). The molecule has 8 heteroatoms. The Morgan fingerprint density at radius 3 is 3.00 bits per heavy atom. The molecule has 0 atom stereocenters. The summed E-state index contributed by atoms with van der Waals surface area (Å²) in [5, 5.41) is 6.77. The van der Waals surface area contributed by atoms with Crippen molar-refractivity contribution in [3.8, 4) is 0 Å². The van der Waals surface area contributed by atoms with Crippen LogP contribution in [0.25, 0.3) is 22.2 Å². The molecule has 6 nitrogen and oxygen atoms in total. The Kier molecular flexibility index (Phi) is 5.27. The fourth-order valence-electron chi connectivity index (χ4n) is 2.91. The molecule has 0 radical (unpaired) electrons. The lowest BCUT2D eigenvalue weighted by molar-refractivity contribution is 1.14. The predicted octanol–water partition coefficient (Wildman–Crippen LogP) is 5.04. The number of hydrogen-bond donors (Lipinski definition) is 1. The van der Waals surface area contributed by atoms with Crippen molar-refractivity contribution in [1.82, 2.24) is 19.4 Å². The number of benzene rings is 1. The minimum absolute atomic E-state index is 0.588. The second-order valence-corrected chi connectivity index (χ2v) is 7.26. The molecule has 0 amide bonds. The van der Waals surface area contributed by atoms with Crippen LogP contribution in [-0.2, 0) is 0 Å². The number of pyridine rings is 1. The van der Waals surface area contributed by atoms with Gasteiger partial charge in [-0.1, -0.05) is 29.8 Å². The number of rotatable bonds is 6. The molecule has 3 aromatic heterocycles. The summed E-state index contributed by atoms with van der Waals surface area (Å²) in [4.78, 5) is 17.6. The topological polar surface area (TPSA) is 67.5 Å². The van der Waals surface area contributed by atoms with E-state index in [0.717, 1.165) is 28.0 Å². The quantitative estimate of drug-likeness (QED) is 0.275. The first-order chi connectivity index (χ1) is 13.7. The maximum Gasteiger partial charge on any atom is 0.223 e. The second kappa shape index (κ2) is 8.00. The summed E-state index contributed by atoms with van der Waals surface area (Å²) in [5.74, 6) is 1.18. The molecule has 1 aromatic carbocycles. The van der Waals surface area contributed by atoms with E-state index >= 15 is 0 Å². The first-order valence-electron chi connectivity index (χ1n) is 8.55. The average Bonchev–Trinajstić information content (AvgIpc) is 3.05. The minimum atomic E-state index is 0.588. The second-order valence-electron chi connectivity index (χ2n) is 6.00. The van der Waals surface area contributed by atoms with Crippen LogP contribution in [0, 0.1) is 6.92 Å². The van der Waals surface area contributed by atoms with Gasteiger partial charge in [0.2, 0.25) is 5.95 Å². The number of thioether (sulfide) groups is 1. The highest BCUT2D eigenvalue weighted by atomic mass is 35.5. The first-order valence-corrected chi connectivity index (χ1v) is 9.98. The van der Waals surface area contributed by atoms with Crippen LogP contribution < -0.4 is 5.32 Å². The van der Waals surface area contributed by atoms with Crippen molar-refractivity contribution in [2.75, 3.05) is 11.2 Å². The highest BCUT2D eigenvalue weighted by Gasteiger charge is 2.14. The largest absolute Gasteiger partial charge is 0.345 e. The lowest BCUT2D eigenvalue weighted by Crippen LogP contribution is -2.01. The molecule has 0 saturated heterocycles. The van der Waals surface area contributed by atoms with Gasteiger partial charge in [0.25, 0.3) is 0 Å². The molecule has 0 saturated carbocycles. The van der Waals surface area contributed by atoms with Crippen molar-refractivity contribution < 1.29 is 0 Å². The summed E-state index contributed by atoms with van der Waals surface area (Å²) in [7, 11) is 0. The maximum atomic E-state index is 6.25. The maximum absolute atomic E-state index is 6.25. The Morgan fingerprint density at radius 2 is 2.14 bits per heavy atom. The Balaban J connectivity index is 1.51. The van der Waals surface area contributed by atoms with Crippen LogP contribution >= 0.6 is 23.4 Å². The molecule has 28 heavy (non-hydrogen) atoms. The third-order valence-electron chi connectivity index (χ3n) is 4.19. The molecule has 0 bridgehead atoms. The Morgan fingerprint density at radius 1 is 1.29 bits per heavy atom. The zero-order valence-corrected chi connectivity index (χ0v) is 16.7. The van der Waals surface area contributed by atoms with E-state index in [4.69, 9.17) is 11.6 Å². The van der Waals surface area contributed by atoms with E-state index in [0.29, 0.717) is 22.5 Å². The van der Waals surface area contributed by atoms with E-state index in [1.165, 1.54) is 0 Å². The summed E-state index contributed by atoms with van der Waals surface area (Å²) in [6, 6.07) is 11.6. The van der Waals surface area contributed by atoms with Gasteiger partial charge in [0, 0.05) is 23.2 Å². The van der Waals surface area contributed by atoms with Gasteiger partial charge in [-0.25, -0.2) is 15.0 Å². The molecule has 0 unspecified atom stereocenters. The van der Waals surface area contributed by atoms with Crippen LogP contribution in [0.4, 0.5) is 5.95 Å². The van der Waals surface area contributed by atoms with Gasteiger partial charge >= 0.3 is 0 Å². The molecule has 140 valence electrons. The van der Waals surface area contributed by atoms with Crippen LogP contribution in [0.15, 0.2) is 59.2 Å². The van der Waals surface area contributed by atoms with Gasteiger partial charge in [-0.05, 0) is 31.8 Å². The fraction of sp³-hybridized carbons (Fsp3) is 0.100. The van der Waals surface area contributed by atoms with Gasteiger partial charge in [0.1, 0.15) is 0 Å². The highest BCUT2D eigenvalue weighted by molar-refractivity contribution is 8.02. The number of aliphatic imine (C=N–C) groups is 1. The zero-order valence-electron chi connectivity index (χ0n) is 15.1. The molecule has 0 aliphatic carbocycles. The van der Waals surface area contributed by atoms with Gasteiger partial charge in [-0.3, -0.25) is 9.39 Å². The normalized spacial score (nSPS) is 11.9. The third kappa shape index (κ3) is 3.58. The summed E-state index contributed by atoms with van der Waals surface area (Å²) in [6.07, 6.45) is 3.73. The van der Waals surface area contributed by atoms with Crippen molar-refractivity contribution in [1.29, 1.82) is 0 Å². The van der Waals surface area contributed by atoms with Gasteiger partial charge in [-0.2, -0.15) is 0 Å². The summed E-state index contributed by atoms with van der Waals surface area (Å²) in [5.41, 5.74) is 4.07. The first kappa shape index (κ1) is 18.5. The number of anilines is 1. The van der Waals surface area contributed by atoms with E-state index in [1.807, 2.05) is 65.5 Å². The van der Waals surface area contributed by atoms with Crippen molar-refractivity contribution in [2.24, 2.45) is 4.99 Å².